The smallest absolute Gasteiger partial charge is 0.251 e. The van der Waals surface area contributed by atoms with Crippen LogP contribution in [0.4, 0.5) is 5.69 Å². The number of aromatic nitrogens is 1. The highest BCUT2D eigenvalue weighted by Crippen LogP contribution is 2.10. The summed E-state index contributed by atoms with van der Waals surface area (Å²) < 4.78 is 1.99. The summed E-state index contributed by atoms with van der Waals surface area (Å²) in [5, 5.41) is 5.50. The summed E-state index contributed by atoms with van der Waals surface area (Å²) in [7, 11) is 0. The predicted molar refractivity (Wildman–Crippen MR) is 77.5 cm³/mol. The van der Waals surface area contributed by atoms with Crippen molar-refractivity contribution in [2.75, 3.05) is 11.9 Å². The fourth-order valence-corrected chi connectivity index (χ4v) is 1.86. The average Bonchev–Trinajstić information content (AvgIpc) is 2.91. The van der Waals surface area contributed by atoms with Gasteiger partial charge in [-0.3, -0.25) is 9.59 Å². The molecule has 2 amide bonds. The molecule has 2 rings (SSSR count). The van der Waals surface area contributed by atoms with E-state index in [9.17, 15) is 9.59 Å². The zero-order valence-electron chi connectivity index (χ0n) is 11.3. The molecule has 0 bridgehead atoms. The van der Waals surface area contributed by atoms with Crippen molar-refractivity contribution in [2.24, 2.45) is 0 Å². The summed E-state index contributed by atoms with van der Waals surface area (Å²) in [5.41, 5.74) is 1.15. The molecular formula is C15H17N3O2. The Morgan fingerprint density at radius 1 is 1.15 bits per heavy atom. The van der Waals surface area contributed by atoms with Crippen LogP contribution in [0.1, 0.15) is 17.3 Å². The third kappa shape index (κ3) is 3.98. The largest absolute Gasteiger partial charge is 0.353 e. The fraction of sp³-hybridized carbons (Fsp3) is 0.200. The van der Waals surface area contributed by atoms with E-state index < -0.39 is 0 Å². The minimum Gasteiger partial charge on any atom is -0.353 e. The van der Waals surface area contributed by atoms with Crippen LogP contribution in [0.2, 0.25) is 0 Å². The van der Waals surface area contributed by atoms with Crippen molar-refractivity contribution in [3.8, 4) is 0 Å². The van der Waals surface area contributed by atoms with Crippen LogP contribution in [0.3, 0.4) is 0 Å². The van der Waals surface area contributed by atoms with E-state index in [-0.39, 0.29) is 11.8 Å². The van der Waals surface area contributed by atoms with Gasteiger partial charge in [0.15, 0.2) is 0 Å². The number of rotatable bonds is 5. The number of nitrogens with zero attached hydrogens (tertiary/aromatic N) is 1. The summed E-state index contributed by atoms with van der Waals surface area (Å²) in [6, 6.07) is 10.8. The molecule has 0 saturated carbocycles. The second kappa shape index (κ2) is 6.56. The second-order valence-electron chi connectivity index (χ2n) is 4.44. The molecular weight excluding hydrogens is 254 g/mol. The van der Waals surface area contributed by atoms with E-state index in [0.29, 0.717) is 17.8 Å². The number of amides is 2. The van der Waals surface area contributed by atoms with Gasteiger partial charge in [0, 0.05) is 43.7 Å². The SMILES string of the molecule is CC(=O)Nc1cccc(C(=O)NCCn2cccc2)c1. The van der Waals surface area contributed by atoms with Gasteiger partial charge in [0.2, 0.25) is 5.91 Å². The Morgan fingerprint density at radius 2 is 1.90 bits per heavy atom. The van der Waals surface area contributed by atoms with Crippen LogP contribution < -0.4 is 10.6 Å². The Balaban J connectivity index is 1.90. The van der Waals surface area contributed by atoms with Gasteiger partial charge in [-0.25, -0.2) is 0 Å². The molecule has 1 aromatic carbocycles. The number of hydrogen-bond donors (Lipinski definition) is 2. The Hall–Kier alpha value is -2.56. The number of carbonyl (C=O) groups excluding carboxylic acids is 2. The van der Waals surface area contributed by atoms with Gasteiger partial charge in [-0.15, -0.1) is 0 Å². The van der Waals surface area contributed by atoms with E-state index in [1.54, 1.807) is 24.3 Å². The molecule has 5 heteroatoms. The zero-order valence-corrected chi connectivity index (χ0v) is 11.3. The van der Waals surface area contributed by atoms with E-state index >= 15 is 0 Å². The summed E-state index contributed by atoms with van der Waals surface area (Å²) >= 11 is 0. The predicted octanol–water partition coefficient (Wildman–Crippen LogP) is 1.88. The van der Waals surface area contributed by atoms with Gasteiger partial charge in [-0.05, 0) is 30.3 Å². The maximum absolute atomic E-state index is 12.0. The van der Waals surface area contributed by atoms with Gasteiger partial charge in [0.25, 0.3) is 5.91 Å². The van der Waals surface area contributed by atoms with Crippen LogP contribution in [-0.2, 0) is 11.3 Å². The molecule has 0 atom stereocenters. The molecule has 0 aliphatic heterocycles. The topological polar surface area (TPSA) is 63.1 Å². The van der Waals surface area contributed by atoms with Crippen molar-refractivity contribution < 1.29 is 9.59 Å². The van der Waals surface area contributed by atoms with Gasteiger partial charge < -0.3 is 15.2 Å². The molecule has 0 aliphatic carbocycles. The number of benzene rings is 1. The molecule has 1 heterocycles. The van der Waals surface area contributed by atoms with Crippen molar-refractivity contribution in [1.29, 1.82) is 0 Å². The Labute approximate surface area is 117 Å². The van der Waals surface area contributed by atoms with Crippen molar-refractivity contribution in [2.45, 2.75) is 13.5 Å². The normalized spacial score (nSPS) is 10.1. The number of nitrogens with one attached hydrogen (secondary N) is 2. The van der Waals surface area contributed by atoms with Gasteiger partial charge in [-0.1, -0.05) is 6.07 Å². The Bertz CT molecular complexity index is 591. The van der Waals surface area contributed by atoms with Crippen LogP contribution in [0.15, 0.2) is 48.8 Å². The fourth-order valence-electron chi connectivity index (χ4n) is 1.86. The quantitative estimate of drug-likeness (QED) is 0.872. The lowest BCUT2D eigenvalue weighted by atomic mass is 10.2. The van der Waals surface area contributed by atoms with Crippen molar-refractivity contribution >= 4 is 17.5 Å². The van der Waals surface area contributed by atoms with Crippen molar-refractivity contribution in [3.63, 3.8) is 0 Å². The van der Waals surface area contributed by atoms with E-state index in [4.69, 9.17) is 0 Å². The molecule has 1 aromatic heterocycles. The Morgan fingerprint density at radius 3 is 2.60 bits per heavy atom. The van der Waals surface area contributed by atoms with Gasteiger partial charge in [0.1, 0.15) is 0 Å². The third-order valence-electron chi connectivity index (χ3n) is 2.77. The van der Waals surface area contributed by atoms with Crippen LogP contribution in [-0.4, -0.2) is 22.9 Å². The monoisotopic (exact) mass is 271 g/mol. The minimum absolute atomic E-state index is 0.149. The van der Waals surface area contributed by atoms with Gasteiger partial charge >= 0.3 is 0 Å². The van der Waals surface area contributed by atoms with E-state index in [2.05, 4.69) is 10.6 Å². The molecule has 104 valence electrons. The summed E-state index contributed by atoms with van der Waals surface area (Å²) in [4.78, 5) is 23.0. The highest BCUT2D eigenvalue weighted by Gasteiger charge is 2.06. The molecule has 5 nitrogen and oxygen atoms in total. The van der Waals surface area contributed by atoms with Crippen LogP contribution in [0.25, 0.3) is 0 Å². The summed E-state index contributed by atoms with van der Waals surface area (Å²) in [6.07, 6.45) is 3.90. The van der Waals surface area contributed by atoms with E-state index in [1.807, 2.05) is 29.1 Å². The molecule has 0 radical (unpaired) electrons. The molecule has 2 aromatic rings. The number of anilines is 1. The number of carbonyl (C=O) groups is 2. The molecule has 20 heavy (non-hydrogen) atoms. The van der Waals surface area contributed by atoms with Gasteiger partial charge in [0.05, 0.1) is 0 Å². The maximum Gasteiger partial charge on any atom is 0.251 e. The zero-order chi connectivity index (χ0) is 14.4. The van der Waals surface area contributed by atoms with Crippen molar-refractivity contribution in [1.82, 2.24) is 9.88 Å². The molecule has 0 spiro atoms. The lowest BCUT2D eigenvalue weighted by molar-refractivity contribution is -0.114. The van der Waals surface area contributed by atoms with E-state index in [0.717, 1.165) is 6.54 Å². The third-order valence-corrected chi connectivity index (χ3v) is 2.77. The molecule has 2 N–H and O–H groups in total. The molecule has 0 fully saturated rings. The summed E-state index contributed by atoms with van der Waals surface area (Å²) in [5.74, 6) is -0.306. The summed E-state index contributed by atoms with van der Waals surface area (Å²) in [6.45, 7) is 2.71. The first-order chi connectivity index (χ1) is 9.65. The number of hydrogen-bond acceptors (Lipinski definition) is 2. The lowest BCUT2D eigenvalue weighted by Crippen LogP contribution is -2.27. The first kappa shape index (κ1) is 13.9. The second-order valence-corrected chi connectivity index (χ2v) is 4.44. The highest BCUT2D eigenvalue weighted by atomic mass is 16.2. The lowest BCUT2D eigenvalue weighted by Gasteiger charge is -2.08. The minimum atomic E-state index is -0.157. The molecule has 0 saturated heterocycles. The van der Waals surface area contributed by atoms with Crippen LogP contribution in [0.5, 0.6) is 0 Å². The van der Waals surface area contributed by atoms with Gasteiger partial charge in [-0.2, -0.15) is 0 Å². The highest BCUT2D eigenvalue weighted by molar-refractivity contribution is 5.96. The molecule has 0 aliphatic rings. The van der Waals surface area contributed by atoms with Crippen molar-refractivity contribution in [3.05, 3.63) is 54.4 Å². The van der Waals surface area contributed by atoms with Crippen LogP contribution in [0, 0.1) is 0 Å². The first-order valence-electron chi connectivity index (χ1n) is 6.42. The first-order valence-corrected chi connectivity index (χ1v) is 6.42. The molecule has 0 unspecified atom stereocenters. The van der Waals surface area contributed by atoms with E-state index in [1.165, 1.54) is 6.92 Å². The Kier molecular flexibility index (Phi) is 4.55. The van der Waals surface area contributed by atoms with Crippen LogP contribution >= 0.6 is 0 Å². The maximum atomic E-state index is 12.0. The standard InChI is InChI=1S/C15H17N3O2/c1-12(19)17-14-6-4-5-13(11-14)15(20)16-7-10-18-8-2-3-9-18/h2-6,8-9,11H,7,10H2,1H3,(H,16,20)(H,17,19). The average molecular weight is 271 g/mol.